The van der Waals surface area contributed by atoms with Crippen LogP contribution in [-0.2, 0) is 0 Å². The Morgan fingerprint density at radius 2 is 1.74 bits per heavy atom. The van der Waals surface area contributed by atoms with Gasteiger partial charge in [0.25, 0.3) is 0 Å². The lowest BCUT2D eigenvalue weighted by Gasteiger charge is -2.33. The smallest absolute Gasteiger partial charge is 0.150 e. The number of fused-ring (bicyclic) bond motifs is 1. The lowest BCUT2D eigenvalue weighted by Crippen LogP contribution is -2.22. The summed E-state index contributed by atoms with van der Waals surface area (Å²) >= 11 is 0. The number of phenolic OH excluding ortho intramolecular Hbond substituents is 1. The van der Waals surface area contributed by atoms with E-state index in [1.54, 1.807) is 30.3 Å². The molecule has 0 unspecified atom stereocenters. The molecule has 1 N–H and O–H groups in total. The molecule has 0 aliphatic heterocycles. The van der Waals surface area contributed by atoms with Gasteiger partial charge in [0, 0.05) is 5.56 Å². The molecule has 2 heteroatoms. The molecule has 0 bridgehead atoms. The van der Waals surface area contributed by atoms with E-state index >= 15 is 0 Å². The fourth-order valence-electron chi connectivity index (χ4n) is 3.37. The molecule has 1 saturated carbocycles. The van der Waals surface area contributed by atoms with Crippen LogP contribution in [0.3, 0.4) is 0 Å². The molecule has 2 aromatic carbocycles. The van der Waals surface area contributed by atoms with Crippen LogP contribution >= 0.6 is 0 Å². The maximum Gasteiger partial charge on any atom is 0.150 e. The fraction of sp³-hybridized carbons (Fsp3) is 0.476. The standard InChI is InChI=1S/C11H8O2.C10H20/c12-7-9-3-1-2-8-6-10(13)4-5-11(8)9;1-10(2,3)9-7-5-4-6-8-9/h1-7,13H;9H,4-8H2,1-3H3. The summed E-state index contributed by atoms with van der Waals surface area (Å²) in [6.45, 7) is 7.13. The zero-order valence-corrected chi connectivity index (χ0v) is 14.5. The first kappa shape index (κ1) is 17.5. The molecule has 1 aliphatic carbocycles. The van der Waals surface area contributed by atoms with Crippen molar-refractivity contribution in [3.8, 4) is 5.75 Å². The number of aldehydes is 1. The van der Waals surface area contributed by atoms with Crippen molar-refractivity contribution in [3.63, 3.8) is 0 Å². The largest absolute Gasteiger partial charge is 0.508 e. The SMILES string of the molecule is CC(C)(C)C1CCCCC1.O=Cc1cccc2cc(O)ccc12. The van der Waals surface area contributed by atoms with Crippen LogP contribution in [0.25, 0.3) is 10.8 Å². The summed E-state index contributed by atoms with van der Waals surface area (Å²) in [7, 11) is 0. The van der Waals surface area contributed by atoms with Gasteiger partial charge >= 0.3 is 0 Å². The predicted octanol–water partition coefficient (Wildman–Crippen LogP) is 5.97. The molecule has 0 radical (unpaired) electrons. The summed E-state index contributed by atoms with van der Waals surface area (Å²) in [5.74, 6) is 1.22. The van der Waals surface area contributed by atoms with Crippen molar-refractivity contribution in [1.82, 2.24) is 0 Å². The normalized spacial score (nSPS) is 15.8. The van der Waals surface area contributed by atoms with E-state index in [-0.39, 0.29) is 5.75 Å². The van der Waals surface area contributed by atoms with Crippen LogP contribution in [0, 0.1) is 11.3 Å². The second kappa shape index (κ2) is 7.63. The topological polar surface area (TPSA) is 37.3 Å². The molecule has 2 nitrogen and oxygen atoms in total. The van der Waals surface area contributed by atoms with E-state index in [4.69, 9.17) is 0 Å². The molecule has 23 heavy (non-hydrogen) atoms. The van der Waals surface area contributed by atoms with Gasteiger partial charge in [-0.15, -0.1) is 0 Å². The number of benzene rings is 2. The summed E-state index contributed by atoms with van der Waals surface area (Å²) in [5.41, 5.74) is 1.22. The number of carbonyl (C=O) groups is 1. The van der Waals surface area contributed by atoms with Crippen molar-refractivity contribution in [2.75, 3.05) is 0 Å². The van der Waals surface area contributed by atoms with E-state index in [1.807, 2.05) is 6.07 Å². The lowest BCUT2D eigenvalue weighted by molar-refractivity contribution is 0.112. The Morgan fingerprint density at radius 3 is 2.30 bits per heavy atom. The molecule has 0 spiro atoms. The van der Waals surface area contributed by atoms with Gasteiger partial charge in [0.15, 0.2) is 6.29 Å². The highest BCUT2D eigenvalue weighted by atomic mass is 16.3. The van der Waals surface area contributed by atoms with Crippen molar-refractivity contribution in [2.24, 2.45) is 11.3 Å². The third kappa shape index (κ3) is 4.82. The zero-order valence-electron chi connectivity index (χ0n) is 14.5. The Balaban J connectivity index is 0.000000174. The maximum absolute atomic E-state index is 10.6. The third-order valence-electron chi connectivity index (χ3n) is 4.85. The van der Waals surface area contributed by atoms with Crippen LogP contribution in [0.15, 0.2) is 36.4 Å². The average molecular weight is 312 g/mol. The quantitative estimate of drug-likeness (QED) is 0.658. The molecule has 0 saturated heterocycles. The molecule has 3 rings (SSSR count). The van der Waals surface area contributed by atoms with Gasteiger partial charge in [-0.2, -0.15) is 0 Å². The van der Waals surface area contributed by atoms with Crippen LogP contribution in [0.1, 0.15) is 63.2 Å². The summed E-state index contributed by atoms with van der Waals surface area (Å²) in [4.78, 5) is 10.6. The monoisotopic (exact) mass is 312 g/mol. The number of hydrogen-bond donors (Lipinski definition) is 1. The van der Waals surface area contributed by atoms with E-state index < -0.39 is 0 Å². The minimum Gasteiger partial charge on any atom is -0.508 e. The maximum atomic E-state index is 10.6. The highest BCUT2D eigenvalue weighted by molar-refractivity contribution is 5.98. The van der Waals surface area contributed by atoms with Crippen molar-refractivity contribution in [3.05, 3.63) is 42.0 Å². The molecule has 124 valence electrons. The molecule has 0 amide bonds. The van der Waals surface area contributed by atoms with Gasteiger partial charge in [0.2, 0.25) is 0 Å². The van der Waals surface area contributed by atoms with Gasteiger partial charge in [0.05, 0.1) is 0 Å². The Bertz CT molecular complexity index is 646. The minimum absolute atomic E-state index is 0.218. The minimum atomic E-state index is 0.218. The van der Waals surface area contributed by atoms with Gasteiger partial charge in [0.1, 0.15) is 5.75 Å². The van der Waals surface area contributed by atoms with Crippen molar-refractivity contribution >= 4 is 17.1 Å². The van der Waals surface area contributed by atoms with Crippen LogP contribution in [0.2, 0.25) is 0 Å². The fourth-order valence-corrected chi connectivity index (χ4v) is 3.37. The Hall–Kier alpha value is -1.83. The summed E-state index contributed by atoms with van der Waals surface area (Å²) in [5, 5.41) is 11.0. The second-order valence-electron chi connectivity index (χ2n) is 7.57. The first-order valence-corrected chi connectivity index (χ1v) is 8.59. The Morgan fingerprint density at radius 1 is 1.04 bits per heavy atom. The molecule has 1 aliphatic rings. The van der Waals surface area contributed by atoms with Gasteiger partial charge in [-0.3, -0.25) is 4.79 Å². The first-order valence-electron chi connectivity index (χ1n) is 8.59. The van der Waals surface area contributed by atoms with Gasteiger partial charge < -0.3 is 5.11 Å². The summed E-state index contributed by atoms with van der Waals surface area (Å²) in [6, 6.07) is 10.4. The number of rotatable bonds is 1. The summed E-state index contributed by atoms with van der Waals surface area (Å²) in [6.07, 6.45) is 8.20. The van der Waals surface area contributed by atoms with Crippen molar-refractivity contribution in [2.45, 2.75) is 52.9 Å². The third-order valence-corrected chi connectivity index (χ3v) is 4.85. The second-order valence-corrected chi connectivity index (χ2v) is 7.57. The number of phenols is 1. The number of hydrogen-bond acceptors (Lipinski definition) is 2. The van der Waals surface area contributed by atoms with Gasteiger partial charge in [-0.1, -0.05) is 58.2 Å². The van der Waals surface area contributed by atoms with E-state index in [0.717, 1.165) is 23.0 Å². The highest BCUT2D eigenvalue weighted by Gasteiger charge is 2.25. The lowest BCUT2D eigenvalue weighted by atomic mass is 9.72. The van der Waals surface area contributed by atoms with Crippen molar-refractivity contribution in [1.29, 1.82) is 0 Å². The van der Waals surface area contributed by atoms with E-state index in [2.05, 4.69) is 20.8 Å². The number of carbonyl (C=O) groups excluding carboxylic acids is 1. The van der Waals surface area contributed by atoms with Crippen LogP contribution < -0.4 is 0 Å². The van der Waals surface area contributed by atoms with Gasteiger partial charge in [-0.25, -0.2) is 0 Å². The van der Waals surface area contributed by atoms with E-state index in [1.165, 1.54) is 32.1 Å². The molecule has 0 aromatic heterocycles. The predicted molar refractivity (Wildman–Crippen MR) is 97.0 cm³/mol. The number of aromatic hydroxyl groups is 1. The summed E-state index contributed by atoms with van der Waals surface area (Å²) < 4.78 is 0. The molecular formula is C21H28O2. The van der Waals surface area contributed by atoms with Gasteiger partial charge in [-0.05, 0) is 53.1 Å². The molecule has 2 aromatic rings. The van der Waals surface area contributed by atoms with Crippen LogP contribution in [0.5, 0.6) is 5.75 Å². The Kier molecular flexibility index (Phi) is 5.81. The van der Waals surface area contributed by atoms with Crippen molar-refractivity contribution < 1.29 is 9.90 Å². The van der Waals surface area contributed by atoms with Crippen LogP contribution in [-0.4, -0.2) is 11.4 Å². The molecule has 0 atom stereocenters. The Labute approximate surface area is 139 Å². The van der Waals surface area contributed by atoms with Crippen LogP contribution in [0.4, 0.5) is 0 Å². The molecular weight excluding hydrogens is 284 g/mol. The highest BCUT2D eigenvalue weighted by Crippen LogP contribution is 2.37. The average Bonchev–Trinajstić information content (AvgIpc) is 2.54. The molecule has 0 heterocycles. The van der Waals surface area contributed by atoms with E-state index in [9.17, 15) is 9.90 Å². The molecule has 1 fully saturated rings. The van der Waals surface area contributed by atoms with E-state index in [0.29, 0.717) is 11.0 Å². The zero-order chi connectivity index (χ0) is 16.9. The first-order chi connectivity index (χ1) is 10.9.